The lowest BCUT2D eigenvalue weighted by Crippen LogP contribution is -2.50. The summed E-state index contributed by atoms with van der Waals surface area (Å²) in [6, 6.07) is 0.116. The molecule has 0 bridgehead atoms. The predicted molar refractivity (Wildman–Crippen MR) is 65.4 cm³/mol. The Balaban J connectivity index is 2.37. The van der Waals surface area contributed by atoms with Crippen molar-refractivity contribution < 1.29 is 9.84 Å². The molecule has 1 aliphatic rings. The summed E-state index contributed by atoms with van der Waals surface area (Å²) in [5.74, 6) is 0. The molecular weight excluding hydrogens is 204 g/mol. The number of nitrogens with zero attached hydrogens (tertiary/aromatic N) is 1. The van der Waals surface area contributed by atoms with Gasteiger partial charge >= 0.3 is 0 Å². The van der Waals surface area contributed by atoms with Gasteiger partial charge in [-0.15, -0.1) is 0 Å². The normalized spacial score (nSPS) is 24.9. The summed E-state index contributed by atoms with van der Waals surface area (Å²) in [5, 5.41) is 9.40. The second-order valence-corrected chi connectivity index (χ2v) is 4.78. The summed E-state index contributed by atoms with van der Waals surface area (Å²) >= 11 is 0. The highest BCUT2D eigenvalue weighted by atomic mass is 16.5. The third-order valence-corrected chi connectivity index (χ3v) is 3.39. The number of hydrogen-bond donors (Lipinski definition) is 2. The van der Waals surface area contributed by atoms with Crippen molar-refractivity contribution in [3.8, 4) is 0 Å². The summed E-state index contributed by atoms with van der Waals surface area (Å²) < 4.78 is 5.59. The van der Waals surface area contributed by atoms with E-state index in [9.17, 15) is 5.11 Å². The molecule has 0 aromatic carbocycles. The first-order chi connectivity index (χ1) is 7.69. The first-order valence-electron chi connectivity index (χ1n) is 6.37. The van der Waals surface area contributed by atoms with E-state index in [1.807, 2.05) is 7.05 Å². The fourth-order valence-electron chi connectivity index (χ4n) is 2.37. The van der Waals surface area contributed by atoms with Crippen LogP contribution in [-0.4, -0.2) is 55.0 Å². The van der Waals surface area contributed by atoms with Crippen molar-refractivity contribution in [3.63, 3.8) is 0 Å². The smallest absolute Gasteiger partial charge is 0.0702 e. The highest BCUT2D eigenvalue weighted by molar-refractivity contribution is 4.82. The molecule has 1 aliphatic heterocycles. The maximum absolute atomic E-state index is 9.40. The first kappa shape index (κ1) is 13.9. The minimum absolute atomic E-state index is 0.0569. The zero-order valence-corrected chi connectivity index (χ0v) is 10.6. The van der Waals surface area contributed by atoms with Gasteiger partial charge in [-0.1, -0.05) is 13.3 Å². The van der Waals surface area contributed by atoms with Gasteiger partial charge in [0.25, 0.3) is 0 Å². The lowest BCUT2D eigenvalue weighted by atomic mass is 10.0. The summed E-state index contributed by atoms with van der Waals surface area (Å²) in [7, 11) is 2.03. The van der Waals surface area contributed by atoms with E-state index in [4.69, 9.17) is 10.5 Å². The molecule has 16 heavy (non-hydrogen) atoms. The molecule has 0 amide bonds. The zero-order chi connectivity index (χ0) is 12.0. The molecule has 0 saturated carbocycles. The molecule has 96 valence electrons. The number of ether oxygens (including phenoxy) is 1. The molecule has 4 heteroatoms. The molecule has 1 heterocycles. The van der Waals surface area contributed by atoms with E-state index < -0.39 is 0 Å². The van der Waals surface area contributed by atoms with Crippen LogP contribution < -0.4 is 5.73 Å². The van der Waals surface area contributed by atoms with E-state index in [-0.39, 0.29) is 18.7 Å². The number of aliphatic hydroxyl groups excluding tert-OH is 1. The van der Waals surface area contributed by atoms with Gasteiger partial charge in [-0.25, -0.2) is 0 Å². The van der Waals surface area contributed by atoms with Gasteiger partial charge in [-0.2, -0.15) is 0 Å². The molecular formula is C12H26N2O2. The molecule has 3 atom stereocenters. The van der Waals surface area contributed by atoms with Gasteiger partial charge in [0.15, 0.2) is 0 Å². The fourth-order valence-corrected chi connectivity index (χ4v) is 2.37. The lowest BCUT2D eigenvalue weighted by molar-refractivity contribution is 0.0472. The molecule has 0 aromatic heterocycles. The lowest BCUT2D eigenvalue weighted by Gasteiger charge is -2.32. The molecule has 4 nitrogen and oxygen atoms in total. The van der Waals surface area contributed by atoms with Crippen LogP contribution in [0.15, 0.2) is 0 Å². The fraction of sp³-hybridized carbons (Fsp3) is 1.00. The average Bonchev–Trinajstić information content (AvgIpc) is 2.71. The topological polar surface area (TPSA) is 58.7 Å². The predicted octanol–water partition coefficient (Wildman–Crippen LogP) is 0.586. The van der Waals surface area contributed by atoms with E-state index in [1.165, 1.54) is 0 Å². The number of rotatable bonds is 7. The summed E-state index contributed by atoms with van der Waals surface area (Å²) in [6.45, 7) is 4.00. The Morgan fingerprint density at radius 3 is 2.81 bits per heavy atom. The molecule has 3 N–H and O–H groups in total. The zero-order valence-electron chi connectivity index (χ0n) is 10.6. The first-order valence-corrected chi connectivity index (χ1v) is 6.37. The third-order valence-electron chi connectivity index (χ3n) is 3.39. The van der Waals surface area contributed by atoms with Crippen LogP contribution in [0.4, 0.5) is 0 Å². The Morgan fingerprint density at radius 2 is 2.31 bits per heavy atom. The second-order valence-electron chi connectivity index (χ2n) is 4.78. The largest absolute Gasteiger partial charge is 0.395 e. The molecule has 1 rings (SSSR count). The SMILES string of the molecule is CCCC(N)C(CO)N(C)CC1CCCO1. The molecule has 3 unspecified atom stereocenters. The highest BCUT2D eigenvalue weighted by Gasteiger charge is 2.25. The Hall–Kier alpha value is -0.160. The van der Waals surface area contributed by atoms with E-state index in [0.29, 0.717) is 6.10 Å². The Kier molecular flexibility index (Phi) is 6.28. The van der Waals surface area contributed by atoms with E-state index in [0.717, 1.165) is 38.8 Å². The maximum atomic E-state index is 9.40. The van der Waals surface area contributed by atoms with Gasteiger partial charge in [0.05, 0.1) is 12.7 Å². The highest BCUT2D eigenvalue weighted by Crippen LogP contribution is 2.15. The molecule has 1 saturated heterocycles. The van der Waals surface area contributed by atoms with Gasteiger partial charge in [-0.3, -0.25) is 4.90 Å². The quantitative estimate of drug-likeness (QED) is 0.672. The van der Waals surface area contributed by atoms with Crippen LogP contribution >= 0.6 is 0 Å². The summed E-state index contributed by atoms with van der Waals surface area (Å²) in [6.07, 6.45) is 4.63. The Labute approximate surface area is 98.8 Å². The Morgan fingerprint density at radius 1 is 1.56 bits per heavy atom. The third kappa shape index (κ3) is 4.01. The van der Waals surface area contributed by atoms with E-state index in [1.54, 1.807) is 0 Å². The molecule has 0 aromatic rings. The van der Waals surface area contributed by atoms with Gasteiger partial charge in [0.2, 0.25) is 0 Å². The van der Waals surface area contributed by atoms with Crippen molar-refractivity contribution >= 4 is 0 Å². The average molecular weight is 230 g/mol. The van der Waals surface area contributed by atoms with Crippen molar-refractivity contribution in [2.75, 3.05) is 26.8 Å². The minimum atomic E-state index is 0.0569. The Bertz CT molecular complexity index is 184. The van der Waals surface area contributed by atoms with Crippen LogP contribution in [0, 0.1) is 0 Å². The molecule has 0 aliphatic carbocycles. The summed E-state index contributed by atoms with van der Waals surface area (Å²) in [4.78, 5) is 2.15. The number of likely N-dealkylation sites (N-methyl/N-ethyl adjacent to an activating group) is 1. The molecule has 0 spiro atoms. The maximum Gasteiger partial charge on any atom is 0.0702 e. The van der Waals surface area contributed by atoms with Crippen LogP contribution in [-0.2, 0) is 4.74 Å². The van der Waals surface area contributed by atoms with Crippen LogP contribution in [0.1, 0.15) is 32.6 Å². The van der Waals surface area contributed by atoms with Gasteiger partial charge in [0, 0.05) is 25.2 Å². The van der Waals surface area contributed by atoms with Crippen molar-refractivity contribution in [2.24, 2.45) is 5.73 Å². The number of aliphatic hydroxyl groups is 1. The van der Waals surface area contributed by atoms with Crippen LogP contribution in [0.2, 0.25) is 0 Å². The van der Waals surface area contributed by atoms with Crippen LogP contribution in [0.25, 0.3) is 0 Å². The van der Waals surface area contributed by atoms with Crippen molar-refractivity contribution in [2.45, 2.75) is 50.8 Å². The van der Waals surface area contributed by atoms with Gasteiger partial charge in [-0.05, 0) is 26.3 Å². The van der Waals surface area contributed by atoms with Crippen LogP contribution in [0.5, 0.6) is 0 Å². The monoisotopic (exact) mass is 230 g/mol. The van der Waals surface area contributed by atoms with E-state index >= 15 is 0 Å². The minimum Gasteiger partial charge on any atom is -0.395 e. The number of hydrogen-bond acceptors (Lipinski definition) is 4. The summed E-state index contributed by atoms with van der Waals surface area (Å²) in [5.41, 5.74) is 6.07. The standard InChI is InChI=1S/C12H26N2O2/c1-3-5-11(13)12(9-15)14(2)8-10-6-4-7-16-10/h10-12,15H,3-9,13H2,1-2H3. The molecule has 0 radical (unpaired) electrons. The van der Waals surface area contributed by atoms with Crippen molar-refractivity contribution in [3.05, 3.63) is 0 Å². The molecule has 1 fully saturated rings. The van der Waals surface area contributed by atoms with Gasteiger partial charge < -0.3 is 15.6 Å². The number of nitrogens with two attached hydrogens (primary N) is 1. The van der Waals surface area contributed by atoms with Crippen LogP contribution in [0.3, 0.4) is 0 Å². The van der Waals surface area contributed by atoms with E-state index in [2.05, 4.69) is 11.8 Å². The second kappa shape index (κ2) is 7.22. The van der Waals surface area contributed by atoms with Crippen molar-refractivity contribution in [1.29, 1.82) is 0 Å². The van der Waals surface area contributed by atoms with Gasteiger partial charge in [0.1, 0.15) is 0 Å². The van der Waals surface area contributed by atoms with Crippen molar-refractivity contribution in [1.82, 2.24) is 4.90 Å².